The minimum absolute atomic E-state index is 0.124. The molecule has 11 aromatic rings. The van der Waals surface area contributed by atoms with E-state index in [0.717, 1.165) is 67.2 Å². The molecule has 0 unspecified atom stereocenters. The summed E-state index contributed by atoms with van der Waals surface area (Å²) in [5, 5.41) is 2.22. The fourth-order valence-electron chi connectivity index (χ4n) is 10.1. The van der Waals surface area contributed by atoms with Crippen LogP contribution in [0.1, 0.15) is 25.0 Å². The molecule has 0 saturated heterocycles. The highest BCUT2D eigenvalue weighted by Crippen LogP contribution is 2.51. The number of rotatable bonds is 9. The van der Waals surface area contributed by atoms with Gasteiger partial charge in [-0.3, -0.25) is 0 Å². The first-order valence-corrected chi connectivity index (χ1v) is 22.7. The largest absolute Gasteiger partial charge is 0.456 e. The second-order valence-corrected chi connectivity index (χ2v) is 17.8. The van der Waals surface area contributed by atoms with Crippen LogP contribution in [0.4, 0.5) is 34.1 Å². The summed E-state index contributed by atoms with van der Waals surface area (Å²) in [6.07, 6.45) is 0. The van der Waals surface area contributed by atoms with E-state index in [1.807, 2.05) is 12.1 Å². The Labute approximate surface area is 386 Å². The zero-order valence-electron chi connectivity index (χ0n) is 36.9. The van der Waals surface area contributed by atoms with Crippen molar-refractivity contribution in [3.05, 3.63) is 254 Å². The number of hydrogen-bond acceptors (Lipinski definition) is 3. The molecular weight excluding hydrogens is 801 g/mol. The standard InChI is InChI=1S/C63H46N2O/c1-63(2)59-19-11-9-17-55(59)56-39-37-54(42-60(56)63)65(53-38-40-62-58(41-53)57-18-10-12-20-61(57)66-62)52-35-27-48(28-36-52)47-25-33-51(34-26-47)64(49-29-21-45(22-30-49)43-13-5-3-6-14-43)50-31-23-46(24-32-50)44-15-7-4-8-16-44/h3-42H,1-2H3. The Balaban J connectivity index is 0.902. The maximum Gasteiger partial charge on any atom is 0.135 e. The Morgan fingerprint density at radius 2 is 0.667 bits per heavy atom. The third kappa shape index (κ3) is 6.85. The van der Waals surface area contributed by atoms with Gasteiger partial charge in [0.25, 0.3) is 0 Å². The van der Waals surface area contributed by atoms with Crippen LogP contribution in [0, 0.1) is 0 Å². The van der Waals surface area contributed by atoms with Crippen LogP contribution in [0.25, 0.3) is 66.4 Å². The molecule has 0 fully saturated rings. The Bertz CT molecular complexity index is 3430. The van der Waals surface area contributed by atoms with E-state index in [2.05, 4.69) is 254 Å². The molecule has 1 aromatic heterocycles. The van der Waals surface area contributed by atoms with Crippen molar-refractivity contribution in [2.75, 3.05) is 9.80 Å². The Morgan fingerprint density at radius 1 is 0.288 bits per heavy atom. The fourth-order valence-corrected chi connectivity index (χ4v) is 10.1. The van der Waals surface area contributed by atoms with E-state index in [1.54, 1.807) is 0 Å². The van der Waals surface area contributed by atoms with Crippen LogP contribution in [-0.2, 0) is 5.41 Å². The van der Waals surface area contributed by atoms with Crippen LogP contribution in [0.3, 0.4) is 0 Å². The lowest BCUT2D eigenvalue weighted by Crippen LogP contribution is -2.16. The summed E-state index contributed by atoms with van der Waals surface area (Å²) < 4.78 is 6.28. The molecule has 1 heterocycles. The van der Waals surface area contributed by atoms with Crippen molar-refractivity contribution in [1.29, 1.82) is 0 Å². The van der Waals surface area contributed by atoms with Crippen LogP contribution in [0.15, 0.2) is 247 Å². The summed E-state index contributed by atoms with van der Waals surface area (Å²) in [4.78, 5) is 4.72. The molecule has 0 saturated carbocycles. The highest BCUT2D eigenvalue weighted by atomic mass is 16.3. The van der Waals surface area contributed by atoms with E-state index >= 15 is 0 Å². The topological polar surface area (TPSA) is 19.6 Å². The minimum atomic E-state index is -0.124. The average Bonchev–Trinajstić information content (AvgIpc) is 3.86. The molecule has 0 atom stereocenters. The molecular formula is C63H46N2O. The number of hydrogen-bond donors (Lipinski definition) is 0. The maximum absolute atomic E-state index is 6.28. The molecule has 0 N–H and O–H groups in total. The Morgan fingerprint density at radius 3 is 1.21 bits per heavy atom. The van der Waals surface area contributed by atoms with Gasteiger partial charge >= 0.3 is 0 Å². The zero-order chi connectivity index (χ0) is 44.2. The highest BCUT2D eigenvalue weighted by molar-refractivity contribution is 6.06. The van der Waals surface area contributed by atoms with E-state index in [4.69, 9.17) is 4.42 Å². The molecule has 314 valence electrons. The van der Waals surface area contributed by atoms with Gasteiger partial charge in [-0.25, -0.2) is 0 Å². The van der Waals surface area contributed by atoms with E-state index in [0.29, 0.717) is 0 Å². The molecule has 1 aliphatic rings. The van der Waals surface area contributed by atoms with Crippen LogP contribution in [0.5, 0.6) is 0 Å². The van der Waals surface area contributed by atoms with Gasteiger partial charge in [-0.2, -0.15) is 0 Å². The first-order chi connectivity index (χ1) is 32.5. The van der Waals surface area contributed by atoms with Crippen molar-refractivity contribution < 1.29 is 4.42 Å². The number of benzene rings is 10. The lowest BCUT2D eigenvalue weighted by Gasteiger charge is -2.28. The normalized spacial score (nSPS) is 12.5. The number of furan rings is 1. The number of fused-ring (bicyclic) bond motifs is 6. The zero-order valence-corrected chi connectivity index (χ0v) is 36.9. The molecule has 3 nitrogen and oxygen atoms in total. The Hall–Kier alpha value is -8.40. The van der Waals surface area contributed by atoms with Gasteiger partial charge in [-0.15, -0.1) is 0 Å². The SMILES string of the molecule is CC1(C)c2ccccc2-c2ccc(N(c3ccc(-c4ccc(N(c5ccc(-c6ccccc6)cc5)c5ccc(-c6ccccc6)cc5)cc4)cc3)c3ccc4oc5ccccc5c4c3)cc21. The lowest BCUT2D eigenvalue weighted by molar-refractivity contribution is 0.660. The van der Waals surface area contributed by atoms with E-state index in [-0.39, 0.29) is 5.41 Å². The van der Waals surface area contributed by atoms with Crippen molar-refractivity contribution in [2.45, 2.75) is 19.3 Å². The van der Waals surface area contributed by atoms with Crippen molar-refractivity contribution in [1.82, 2.24) is 0 Å². The minimum Gasteiger partial charge on any atom is -0.456 e. The van der Waals surface area contributed by atoms with Crippen molar-refractivity contribution in [2.24, 2.45) is 0 Å². The lowest BCUT2D eigenvalue weighted by atomic mass is 9.82. The molecule has 1 aliphatic carbocycles. The summed E-state index contributed by atoms with van der Waals surface area (Å²) in [5.41, 5.74) is 20.7. The maximum atomic E-state index is 6.28. The van der Waals surface area contributed by atoms with Gasteiger partial charge < -0.3 is 14.2 Å². The fraction of sp³-hybridized carbons (Fsp3) is 0.0476. The molecule has 0 radical (unpaired) electrons. The summed E-state index contributed by atoms with van der Waals surface area (Å²) >= 11 is 0. The monoisotopic (exact) mass is 846 g/mol. The first kappa shape index (κ1) is 39.2. The van der Waals surface area contributed by atoms with Crippen molar-refractivity contribution in [3.8, 4) is 44.5 Å². The van der Waals surface area contributed by atoms with Crippen LogP contribution in [-0.4, -0.2) is 0 Å². The number of nitrogens with zero attached hydrogens (tertiary/aromatic N) is 2. The van der Waals surface area contributed by atoms with Gasteiger partial charge in [0.2, 0.25) is 0 Å². The van der Waals surface area contributed by atoms with Crippen LogP contribution >= 0.6 is 0 Å². The van der Waals surface area contributed by atoms with Gasteiger partial charge in [0, 0.05) is 50.3 Å². The summed E-state index contributed by atoms with van der Waals surface area (Å²) in [6.45, 7) is 4.69. The molecule has 0 bridgehead atoms. The van der Waals surface area contributed by atoms with Crippen LogP contribution < -0.4 is 9.80 Å². The average molecular weight is 847 g/mol. The van der Waals surface area contributed by atoms with Gasteiger partial charge in [0.15, 0.2) is 0 Å². The molecule has 3 heteroatoms. The smallest absolute Gasteiger partial charge is 0.135 e. The summed E-state index contributed by atoms with van der Waals surface area (Å²) in [6, 6.07) is 87.5. The number of anilines is 6. The second-order valence-electron chi connectivity index (χ2n) is 17.8. The van der Waals surface area contributed by atoms with E-state index in [1.165, 1.54) is 44.5 Å². The molecule has 12 rings (SSSR count). The van der Waals surface area contributed by atoms with E-state index < -0.39 is 0 Å². The van der Waals surface area contributed by atoms with Gasteiger partial charge in [0.1, 0.15) is 11.2 Å². The molecule has 0 aliphatic heterocycles. The van der Waals surface area contributed by atoms with Crippen molar-refractivity contribution in [3.63, 3.8) is 0 Å². The third-order valence-corrected chi connectivity index (χ3v) is 13.5. The first-order valence-electron chi connectivity index (χ1n) is 22.7. The van der Waals surface area contributed by atoms with Crippen LogP contribution in [0.2, 0.25) is 0 Å². The molecule has 66 heavy (non-hydrogen) atoms. The molecule has 0 amide bonds. The predicted molar refractivity (Wildman–Crippen MR) is 277 cm³/mol. The second kappa shape index (κ2) is 16.0. The third-order valence-electron chi connectivity index (χ3n) is 13.5. The molecule has 10 aromatic carbocycles. The Kier molecular flexibility index (Phi) is 9.50. The summed E-state index contributed by atoms with van der Waals surface area (Å²) in [7, 11) is 0. The highest BCUT2D eigenvalue weighted by Gasteiger charge is 2.35. The van der Waals surface area contributed by atoms with E-state index in [9.17, 15) is 0 Å². The van der Waals surface area contributed by atoms with Crippen molar-refractivity contribution >= 4 is 56.1 Å². The van der Waals surface area contributed by atoms with Gasteiger partial charge in [0.05, 0.1) is 0 Å². The van der Waals surface area contributed by atoms with Gasteiger partial charge in [-0.05, 0) is 141 Å². The van der Waals surface area contributed by atoms with Gasteiger partial charge in [-0.1, -0.05) is 172 Å². The number of para-hydroxylation sites is 1. The quantitative estimate of drug-likeness (QED) is 0.144. The predicted octanol–water partition coefficient (Wildman–Crippen LogP) is 17.8. The summed E-state index contributed by atoms with van der Waals surface area (Å²) in [5.74, 6) is 0. The molecule has 0 spiro atoms.